The molecule has 3 heterocycles. The minimum atomic E-state index is -0.616. The highest BCUT2D eigenvalue weighted by Crippen LogP contribution is 2.53. The van der Waals surface area contributed by atoms with Gasteiger partial charge in [-0.3, -0.25) is 0 Å². The van der Waals surface area contributed by atoms with Crippen molar-refractivity contribution in [1.82, 2.24) is 19.5 Å². The third-order valence-corrected chi connectivity index (χ3v) is 11.1. The molecular formula is C52H32N4O. The average Bonchev–Trinajstić information content (AvgIpc) is 3.97. The Morgan fingerprint density at radius 2 is 1.21 bits per heavy atom. The summed E-state index contributed by atoms with van der Waals surface area (Å²) in [6, 6.07) is 48.2. The van der Waals surface area contributed by atoms with Crippen LogP contribution in [0.4, 0.5) is 0 Å². The van der Waals surface area contributed by atoms with E-state index >= 15 is 0 Å². The fourth-order valence-corrected chi connectivity index (χ4v) is 8.55. The maximum atomic E-state index is 9.58. The van der Waals surface area contributed by atoms with Crippen molar-refractivity contribution in [3.63, 3.8) is 0 Å². The number of fused-ring (bicyclic) bond motifs is 10. The molecule has 0 spiro atoms. The van der Waals surface area contributed by atoms with Crippen LogP contribution in [0.25, 0.3) is 94.7 Å². The summed E-state index contributed by atoms with van der Waals surface area (Å²) in [6.07, 6.45) is 0. The Kier molecular flexibility index (Phi) is 5.73. The first-order valence-corrected chi connectivity index (χ1v) is 18.8. The average molecular weight is 735 g/mol. The number of para-hydroxylation sites is 3. The fraction of sp³-hybridized carbons (Fsp3) is 0.0192. The molecule has 8 aromatic carbocycles. The zero-order valence-electron chi connectivity index (χ0n) is 36.2. The zero-order valence-corrected chi connectivity index (χ0v) is 30.2. The lowest BCUT2D eigenvalue weighted by atomic mass is 9.87. The first kappa shape index (κ1) is 26.2. The largest absolute Gasteiger partial charge is 0.455 e. The SMILES string of the molecule is [2H]c1cc([2H])c2c(c1)-c1c([2H])c([2H])c3c4cc([2H])cc([2H])c4n(-c4ccccc4)c3c1C2c1ccc2c(c1)oc1c(-c3nc(-c4ccccc4)nc(-c4ccccc4)n3)cccc12. The Hall–Kier alpha value is -7.63. The summed E-state index contributed by atoms with van der Waals surface area (Å²) in [5.41, 5.74) is 8.71. The number of rotatable bonds is 5. The normalized spacial score (nSPS) is 14.9. The van der Waals surface area contributed by atoms with Gasteiger partial charge in [0.05, 0.1) is 24.8 Å². The van der Waals surface area contributed by atoms with Gasteiger partial charge in [-0.25, -0.2) is 15.0 Å². The molecule has 0 radical (unpaired) electrons. The van der Waals surface area contributed by atoms with E-state index in [9.17, 15) is 4.11 Å². The number of aromatic nitrogens is 4. The molecule has 0 saturated carbocycles. The van der Waals surface area contributed by atoms with Gasteiger partial charge in [-0.1, -0.05) is 158 Å². The lowest BCUT2D eigenvalue weighted by molar-refractivity contribution is 0.668. The van der Waals surface area contributed by atoms with Gasteiger partial charge >= 0.3 is 0 Å². The van der Waals surface area contributed by atoms with Crippen molar-refractivity contribution in [2.24, 2.45) is 0 Å². The molecule has 57 heavy (non-hydrogen) atoms. The molecule has 266 valence electrons. The van der Waals surface area contributed by atoms with Crippen LogP contribution in [-0.4, -0.2) is 19.5 Å². The predicted molar refractivity (Wildman–Crippen MR) is 231 cm³/mol. The Morgan fingerprint density at radius 1 is 0.509 bits per heavy atom. The molecule has 0 saturated heterocycles. The summed E-state index contributed by atoms with van der Waals surface area (Å²) in [5, 5.41) is 2.75. The van der Waals surface area contributed by atoms with E-state index in [1.165, 1.54) is 12.1 Å². The second-order valence-corrected chi connectivity index (χ2v) is 14.2. The van der Waals surface area contributed by atoms with Crippen molar-refractivity contribution in [2.45, 2.75) is 5.92 Å². The monoisotopic (exact) mass is 734 g/mol. The van der Waals surface area contributed by atoms with Gasteiger partial charge in [0, 0.05) is 44.3 Å². The van der Waals surface area contributed by atoms with Gasteiger partial charge in [-0.05, 0) is 58.1 Å². The quantitative estimate of drug-likeness (QED) is 0.177. The molecule has 0 aliphatic heterocycles. The molecule has 3 aromatic heterocycles. The standard InChI is InChI=1S/C52H32N4O/c1-4-15-32(16-5-1)50-53-51(33-17-6-2-7-18-33)55-52(54-50)43-25-14-24-42-38-28-27-34(31-45(38)57-49(42)43)46-39-23-11-10-21-36(39)40-29-30-41-37-22-12-13-26-44(37)56(48(41)47(40)46)35-19-8-3-9-20-35/h1-31,46H/i10D,12D,23D,26D,29D,30D. The number of furan rings is 1. The van der Waals surface area contributed by atoms with Gasteiger partial charge in [0.1, 0.15) is 11.2 Å². The van der Waals surface area contributed by atoms with E-state index in [2.05, 4.69) is 0 Å². The summed E-state index contributed by atoms with van der Waals surface area (Å²) in [5.74, 6) is 0.923. The molecule has 5 nitrogen and oxygen atoms in total. The zero-order chi connectivity index (χ0) is 42.7. The predicted octanol–water partition coefficient (Wildman–Crippen LogP) is 13.0. The smallest absolute Gasteiger partial charge is 0.167 e. The molecular weight excluding hydrogens is 697 g/mol. The number of nitrogens with zero attached hydrogens (tertiary/aromatic N) is 4. The highest BCUT2D eigenvalue weighted by atomic mass is 16.3. The molecule has 1 aliphatic rings. The van der Waals surface area contributed by atoms with Crippen LogP contribution in [0.5, 0.6) is 0 Å². The Labute approximate surface area is 336 Å². The molecule has 1 unspecified atom stereocenters. The second-order valence-electron chi connectivity index (χ2n) is 14.2. The van der Waals surface area contributed by atoms with Gasteiger partial charge in [0.15, 0.2) is 17.5 Å². The molecule has 1 atom stereocenters. The summed E-state index contributed by atoms with van der Waals surface area (Å²) in [7, 11) is 0. The van der Waals surface area contributed by atoms with Gasteiger partial charge in [-0.15, -0.1) is 0 Å². The Bertz CT molecular complexity index is 3640. The van der Waals surface area contributed by atoms with Crippen molar-refractivity contribution < 1.29 is 12.6 Å². The molecule has 0 amide bonds. The van der Waals surface area contributed by atoms with Crippen LogP contribution in [0.15, 0.2) is 192 Å². The summed E-state index contributed by atoms with van der Waals surface area (Å²) < 4.78 is 63.8. The molecule has 0 N–H and O–H groups in total. The van der Waals surface area contributed by atoms with E-state index in [4.69, 9.17) is 23.5 Å². The summed E-state index contributed by atoms with van der Waals surface area (Å²) in [4.78, 5) is 14.9. The van der Waals surface area contributed by atoms with E-state index < -0.39 is 5.92 Å². The fourth-order valence-electron chi connectivity index (χ4n) is 8.55. The first-order valence-electron chi connectivity index (χ1n) is 21.8. The van der Waals surface area contributed by atoms with Crippen LogP contribution < -0.4 is 0 Å². The molecule has 12 rings (SSSR count). The highest BCUT2D eigenvalue weighted by molar-refractivity contribution is 6.13. The van der Waals surface area contributed by atoms with Crippen LogP contribution in [0.2, 0.25) is 0 Å². The third kappa shape index (κ3) is 4.85. The lowest BCUT2D eigenvalue weighted by Gasteiger charge is -2.18. The number of benzene rings is 8. The van der Waals surface area contributed by atoms with E-state index in [-0.39, 0.29) is 36.3 Å². The van der Waals surface area contributed by atoms with E-state index in [1.807, 2.05) is 132 Å². The van der Waals surface area contributed by atoms with Crippen molar-refractivity contribution in [3.8, 4) is 51.0 Å². The van der Waals surface area contributed by atoms with E-state index in [0.29, 0.717) is 78.3 Å². The van der Waals surface area contributed by atoms with Crippen molar-refractivity contribution in [2.75, 3.05) is 0 Å². The van der Waals surface area contributed by atoms with Crippen molar-refractivity contribution in [1.29, 1.82) is 0 Å². The van der Waals surface area contributed by atoms with Crippen LogP contribution >= 0.6 is 0 Å². The van der Waals surface area contributed by atoms with Gasteiger partial charge in [-0.2, -0.15) is 0 Å². The maximum Gasteiger partial charge on any atom is 0.167 e. The van der Waals surface area contributed by atoms with Crippen molar-refractivity contribution in [3.05, 3.63) is 205 Å². The first-order chi connectivity index (χ1) is 30.7. The Morgan fingerprint density at radius 3 is 1.98 bits per heavy atom. The highest BCUT2D eigenvalue weighted by Gasteiger charge is 2.34. The number of hydrogen-bond acceptors (Lipinski definition) is 4. The van der Waals surface area contributed by atoms with E-state index in [0.717, 1.165) is 33.2 Å². The summed E-state index contributed by atoms with van der Waals surface area (Å²) >= 11 is 0. The molecule has 5 heteroatoms. The molecule has 0 fully saturated rings. The Balaban J connectivity index is 1.12. The van der Waals surface area contributed by atoms with Crippen LogP contribution in [0.3, 0.4) is 0 Å². The van der Waals surface area contributed by atoms with Gasteiger partial charge in [0.2, 0.25) is 0 Å². The van der Waals surface area contributed by atoms with Crippen LogP contribution in [0.1, 0.15) is 30.8 Å². The maximum absolute atomic E-state index is 9.58. The minimum Gasteiger partial charge on any atom is -0.455 e. The van der Waals surface area contributed by atoms with Crippen molar-refractivity contribution >= 4 is 43.7 Å². The third-order valence-electron chi connectivity index (χ3n) is 11.1. The number of hydrogen-bond donors (Lipinski definition) is 0. The summed E-state index contributed by atoms with van der Waals surface area (Å²) in [6.45, 7) is 0. The topological polar surface area (TPSA) is 56.7 Å². The van der Waals surface area contributed by atoms with Crippen LogP contribution in [-0.2, 0) is 0 Å². The molecule has 11 aromatic rings. The van der Waals surface area contributed by atoms with Gasteiger partial charge < -0.3 is 8.98 Å². The molecule has 1 aliphatic carbocycles. The lowest BCUT2D eigenvalue weighted by Crippen LogP contribution is -2.03. The van der Waals surface area contributed by atoms with E-state index in [1.54, 1.807) is 12.1 Å². The molecule has 0 bridgehead atoms. The minimum absolute atomic E-state index is 0.0307. The van der Waals surface area contributed by atoms with Crippen LogP contribution in [0, 0.1) is 0 Å². The second kappa shape index (κ2) is 12.4. The van der Waals surface area contributed by atoms with Gasteiger partial charge in [0.25, 0.3) is 0 Å².